The minimum absolute atomic E-state index is 0.238. The van der Waals surface area contributed by atoms with Crippen LogP contribution in [0.15, 0.2) is 48.7 Å². The third-order valence-electron chi connectivity index (χ3n) is 4.30. The number of rotatable bonds is 8. The third-order valence-corrected chi connectivity index (χ3v) is 4.30. The van der Waals surface area contributed by atoms with Crippen molar-refractivity contribution >= 4 is 11.9 Å². The van der Waals surface area contributed by atoms with E-state index in [2.05, 4.69) is 10.3 Å². The lowest BCUT2D eigenvalue weighted by molar-refractivity contribution is -0.145. The van der Waals surface area contributed by atoms with Gasteiger partial charge in [-0.2, -0.15) is 0 Å². The number of ether oxygens (including phenoxy) is 3. The van der Waals surface area contributed by atoms with E-state index < -0.39 is 17.9 Å². The molecule has 0 spiro atoms. The Morgan fingerprint density at radius 2 is 2.00 bits per heavy atom. The number of nitrogens with zero attached hydrogens (tertiary/aromatic N) is 1. The van der Waals surface area contributed by atoms with Crippen molar-refractivity contribution in [1.82, 2.24) is 10.3 Å². The predicted molar refractivity (Wildman–Crippen MR) is 99.4 cm³/mol. The summed E-state index contributed by atoms with van der Waals surface area (Å²) in [4.78, 5) is 27.6. The van der Waals surface area contributed by atoms with Crippen molar-refractivity contribution in [2.24, 2.45) is 5.92 Å². The van der Waals surface area contributed by atoms with E-state index in [4.69, 9.17) is 14.2 Å². The van der Waals surface area contributed by atoms with Crippen LogP contribution in [0.3, 0.4) is 0 Å². The first-order chi connectivity index (χ1) is 13.6. The average Bonchev–Trinajstić information content (AvgIpc) is 2.73. The molecule has 1 aliphatic heterocycles. The fourth-order valence-electron chi connectivity index (χ4n) is 2.91. The Morgan fingerprint density at radius 3 is 2.64 bits per heavy atom. The van der Waals surface area contributed by atoms with Gasteiger partial charge in [0, 0.05) is 24.8 Å². The molecule has 8 heteroatoms. The van der Waals surface area contributed by atoms with Crippen LogP contribution in [0, 0.1) is 5.92 Å². The summed E-state index contributed by atoms with van der Waals surface area (Å²) in [7, 11) is 0. The number of aliphatic carboxylic acids is 1. The van der Waals surface area contributed by atoms with Crippen LogP contribution in [0.5, 0.6) is 17.4 Å². The lowest BCUT2D eigenvalue weighted by Gasteiger charge is -2.28. The van der Waals surface area contributed by atoms with Crippen LogP contribution in [0.4, 0.5) is 0 Å². The van der Waals surface area contributed by atoms with Crippen LogP contribution in [0.25, 0.3) is 0 Å². The number of hydrogen-bond donors (Lipinski definition) is 2. The maximum absolute atomic E-state index is 12.1. The first-order valence-electron chi connectivity index (χ1n) is 9.03. The van der Waals surface area contributed by atoms with Crippen LogP contribution < -0.4 is 14.8 Å². The molecule has 1 amide bonds. The second kappa shape index (κ2) is 9.70. The monoisotopic (exact) mass is 386 g/mol. The van der Waals surface area contributed by atoms with E-state index in [-0.39, 0.29) is 12.5 Å². The Morgan fingerprint density at radius 1 is 1.21 bits per heavy atom. The van der Waals surface area contributed by atoms with Crippen molar-refractivity contribution in [2.45, 2.75) is 18.9 Å². The van der Waals surface area contributed by atoms with Gasteiger partial charge >= 0.3 is 5.97 Å². The van der Waals surface area contributed by atoms with E-state index in [1.54, 1.807) is 42.6 Å². The average molecular weight is 386 g/mol. The molecule has 1 aliphatic rings. The third kappa shape index (κ3) is 5.68. The van der Waals surface area contributed by atoms with Crippen LogP contribution in [0.2, 0.25) is 0 Å². The molecule has 3 rings (SSSR count). The smallest absolute Gasteiger partial charge is 0.326 e. The summed E-state index contributed by atoms with van der Waals surface area (Å²) in [5.74, 6) is -0.276. The molecule has 2 aromatic rings. The fourth-order valence-corrected chi connectivity index (χ4v) is 2.91. The van der Waals surface area contributed by atoms with Gasteiger partial charge in [-0.1, -0.05) is 6.07 Å². The zero-order chi connectivity index (χ0) is 19.8. The van der Waals surface area contributed by atoms with Gasteiger partial charge in [0.1, 0.15) is 17.5 Å². The predicted octanol–water partition coefficient (Wildman–Crippen LogP) is 2.25. The van der Waals surface area contributed by atoms with Crippen LogP contribution in [-0.4, -0.2) is 47.8 Å². The Bertz CT molecular complexity index is 775. The van der Waals surface area contributed by atoms with Crippen molar-refractivity contribution in [3.05, 3.63) is 48.7 Å². The van der Waals surface area contributed by atoms with E-state index >= 15 is 0 Å². The Kier molecular flexibility index (Phi) is 6.80. The highest BCUT2D eigenvalue weighted by Gasteiger charge is 2.31. The number of carbonyl (C=O) groups is 2. The van der Waals surface area contributed by atoms with Gasteiger partial charge in [-0.25, -0.2) is 9.78 Å². The molecule has 2 atom stereocenters. The summed E-state index contributed by atoms with van der Waals surface area (Å²) in [6.07, 6.45) is 3.12. The van der Waals surface area contributed by atoms with E-state index in [0.717, 1.165) is 6.42 Å². The summed E-state index contributed by atoms with van der Waals surface area (Å²) in [5.41, 5.74) is 0. The molecule has 0 aliphatic carbocycles. The molecule has 0 saturated carbocycles. The zero-order valence-corrected chi connectivity index (χ0v) is 15.2. The molecule has 1 saturated heterocycles. The molecule has 148 valence electrons. The molecule has 28 heavy (non-hydrogen) atoms. The van der Waals surface area contributed by atoms with Gasteiger partial charge in [0.2, 0.25) is 5.88 Å². The number of benzene rings is 1. The normalized spacial score (nSPS) is 17.4. The number of carboxylic acids is 1. The quantitative estimate of drug-likeness (QED) is 0.716. The topological polar surface area (TPSA) is 107 Å². The van der Waals surface area contributed by atoms with Crippen molar-refractivity contribution in [3.8, 4) is 17.4 Å². The largest absolute Gasteiger partial charge is 0.484 e. The van der Waals surface area contributed by atoms with E-state index in [1.165, 1.54) is 0 Å². The first-order valence-corrected chi connectivity index (χ1v) is 9.03. The van der Waals surface area contributed by atoms with E-state index in [0.29, 0.717) is 37.0 Å². The second-order valence-electron chi connectivity index (χ2n) is 6.39. The fraction of sp³-hybridized carbons (Fsp3) is 0.350. The SMILES string of the molecule is O=C(COc1ccc(Oc2ccccn2)cc1)NC(C(=O)O)C1CCCOC1. The van der Waals surface area contributed by atoms with Gasteiger partial charge in [-0.3, -0.25) is 4.79 Å². The molecule has 2 N–H and O–H groups in total. The van der Waals surface area contributed by atoms with Gasteiger partial charge in [0.15, 0.2) is 6.61 Å². The molecular formula is C20H22N2O6. The van der Waals surface area contributed by atoms with Gasteiger partial charge < -0.3 is 24.6 Å². The van der Waals surface area contributed by atoms with E-state index in [1.807, 2.05) is 6.07 Å². The van der Waals surface area contributed by atoms with Crippen molar-refractivity contribution in [1.29, 1.82) is 0 Å². The molecule has 2 heterocycles. The van der Waals surface area contributed by atoms with E-state index in [9.17, 15) is 14.7 Å². The summed E-state index contributed by atoms with van der Waals surface area (Å²) in [5, 5.41) is 11.9. The van der Waals surface area contributed by atoms with Gasteiger partial charge in [-0.15, -0.1) is 0 Å². The maximum atomic E-state index is 12.1. The zero-order valence-electron chi connectivity index (χ0n) is 15.2. The number of amides is 1. The molecule has 8 nitrogen and oxygen atoms in total. The van der Waals surface area contributed by atoms with Crippen molar-refractivity contribution in [2.75, 3.05) is 19.8 Å². The molecule has 0 bridgehead atoms. The highest BCUT2D eigenvalue weighted by atomic mass is 16.5. The molecule has 2 unspecified atom stereocenters. The molecule has 0 radical (unpaired) electrons. The molecule has 1 aromatic heterocycles. The number of aromatic nitrogens is 1. The highest BCUT2D eigenvalue weighted by Crippen LogP contribution is 2.22. The second-order valence-corrected chi connectivity index (χ2v) is 6.39. The lowest BCUT2D eigenvalue weighted by Crippen LogP contribution is -2.49. The van der Waals surface area contributed by atoms with Gasteiger partial charge in [0.05, 0.1) is 6.61 Å². The van der Waals surface area contributed by atoms with Crippen molar-refractivity contribution < 1.29 is 28.9 Å². The number of carboxylic acid groups (broad SMARTS) is 1. The standard InChI is InChI=1S/C20H22N2O6/c23-17(22-19(20(24)25)14-4-3-11-26-12-14)13-27-15-6-8-16(9-7-15)28-18-5-1-2-10-21-18/h1-2,5-10,14,19H,3-4,11-13H2,(H,22,23)(H,24,25). The summed E-state index contributed by atoms with van der Waals surface area (Å²) < 4.78 is 16.3. The van der Waals surface area contributed by atoms with Gasteiger partial charge in [0.25, 0.3) is 5.91 Å². The Hall–Kier alpha value is -3.13. The maximum Gasteiger partial charge on any atom is 0.326 e. The van der Waals surface area contributed by atoms with Crippen LogP contribution in [-0.2, 0) is 14.3 Å². The summed E-state index contributed by atoms with van der Waals surface area (Å²) >= 11 is 0. The highest BCUT2D eigenvalue weighted by molar-refractivity contribution is 5.84. The minimum atomic E-state index is -1.07. The number of nitrogens with one attached hydrogen (secondary N) is 1. The number of hydrogen-bond acceptors (Lipinski definition) is 6. The number of carbonyl (C=O) groups excluding carboxylic acids is 1. The summed E-state index contributed by atoms with van der Waals surface area (Å²) in [6.45, 7) is 0.674. The summed E-state index contributed by atoms with van der Waals surface area (Å²) in [6, 6.07) is 11.1. The number of pyridine rings is 1. The molecule has 1 fully saturated rings. The lowest BCUT2D eigenvalue weighted by atomic mass is 9.94. The first kappa shape index (κ1) is 19.6. The Balaban J connectivity index is 1.48. The minimum Gasteiger partial charge on any atom is -0.484 e. The van der Waals surface area contributed by atoms with Crippen LogP contribution in [0.1, 0.15) is 12.8 Å². The Labute approximate surface area is 162 Å². The van der Waals surface area contributed by atoms with Crippen LogP contribution >= 0.6 is 0 Å². The molecular weight excluding hydrogens is 364 g/mol. The molecule has 1 aromatic carbocycles. The van der Waals surface area contributed by atoms with Gasteiger partial charge in [-0.05, 0) is 43.2 Å². The van der Waals surface area contributed by atoms with Crippen molar-refractivity contribution in [3.63, 3.8) is 0 Å².